The van der Waals surface area contributed by atoms with E-state index in [9.17, 15) is 4.79 Å². The summed E-state index contributed by atoms with van der Waals surface area (Å²) >= 11 is 0. The van der Waals surface area contributed by atoms with E-state index in [2.05, 4.69) is 36.2 Å². The minimum absolute atomic E-state index is 0.143. The molecule has 0 bridgehead atoms. The Kier molecular flexibility index (Phi) is 6.78. The van der Waals surface area contributed by atoms with Crippen molar-refractivity contribution >= 4 is 11.6 Å². The van der Waals surface area contributed by atoms with E-state index in [1.165, 1.54) is 5.56 Å². The van der Waals surface area contributed by atoms with Crippen LogP contribution in [-0.4, -0.2) is 24.4 Å². The molecule has 0 N–H and O–H groups in total. The minimum atomic E-state index is 0.143. The van der Waals surface area contributed by atoms with Crippen LogP contribution in [-0.2, 0) is 17.9 Å². The van der Waals surface area contributed by atoms with Crippen LogP contribution in [0, 0.1) is 0 Å². The second-order valence-corrected chi connectivity index (χ2v) is 6.77. The fourth-order valence-corrected chi connectivity index (χ4v) is 3.09. The largest absolute Gasteiger partial charge is 0.308 e. The van der Waals surface area contributed by atoms with Gasteiger partial charge in [0.1, 0.15) is 0 Å². The number of amides is 1. The lowest BCUT2D eigenvalue weighted by atomic mass is 10.1. The molecule has 3 aromatic carbocycles. The number of anilines is 1. The van der Waals surface area contributed by atoms with E-state index in [-0.39, 0.29) is 5.91 Å². The summed E-state index contributed by atoms with van der Waals surface area (Å²) in [5.74, 6) is 0.143. The van der Waals surface area contributed by atoms with Crippen molar-refractivity contribution in [1.82, 2.24) is 4.90 Å². The Morgan fingerprint density at radius 1 is 0.704 bits per heavy atom. The third kappa shape index (κ3) is 5.80. The molecule has 3 heteroatoms. The molecular formula is C24H26N2O. The predicted octanol–water partition coefficient (Wildman–Crippen LogP) is 4.74. The standard InChI is InChI=1S/C24H26N2O/c1-25(19-21-11-5-2-6-12-21)18-17-24(27)26(23-15-9-4-10-16-23)20-22-13-7-3-8-14-22/h2-16H,17-20H2,1H3. The van der Waals surface area contributed by atoms with E-state index in [1.807, 2.05) is 71.6 Å². The average Bonchev–Trinajstić information content (AvgIpc) is 2.72. The molecule has 3 nitrogen and oxygen atoms in total. The van der Waals surface area contributed by atoms with Crippen molar-refractivity contribution in [3.63, 3.8) is 0 Å². The van der Waals surface area contributed by atoms with Crippen molar-refractivity contribution in [2.75, 3.05) is 18.5 Å². The molecule has 0 saturated heterocycles. The molecule has 1 amide bonds. The first kappa shape index (κ1) is 18.9. The van der Waals surface area contributed by atoms with Gasteiger partial charge >= 0.3 is 0 Å². The van der Waals surface area contributed by atoms with Crippen molar-refractivity contribution in [2.24, 2.45) is 0 Å². The van der Waals surface area contributed by atoms with Crippen molar-refractivity contribution in [3.05, 3.63) is 102 Å². The number of hydrogen-bond donors (Lipinski definition) is 0. The number of nitrogens with zero attached hydrogens (tertiary/aromatic N) is 2. The van der Waals surface area contributed by atoms with E-state index < -0.39 is 0 Å². The van der Waals surface area contributed by atoms with Crippen LogP contribution in [0.15, 0.2) is 91.0 Å². The summed E-state index contributed by atoms with van der Waals surface area (Å²) < 4.78 is 0. The van der Waals surface area contributed by atoms with Crippen LogP contribution in [0.25, 0.3) is 0 Å². The van der Waals surface area contributed by atoms with Gasteiger partial charge in [-0.25, -0.2) is 0 Å². The number of rotatable bonds is 8. The molecule has 3 aromatic rings. The summed E-state index contributed by atoms with van der Waals surface area (Å²) in [6.07, 6.45) is 0.491. The number of hydrogen-bond acceptors (Lipinski definition) is 2. The molecule has 0 aliphatic rings. The van der Waals surface area contributed by atoms with Gasteiger partial charge in [0, 0.05) is 25.2 Å². The first-order chi connectivity index (χ1) is 13.2. The normalized spacial score (nSPS) is 10.7. The van der Waals surface area contributed by atoms with Crippen LogP contribution in [0.5, 0.6) is 0 Å². The molecule has 0 aliphatic carbocycles. The quantitative estimate of drug-likeness (QED) is 0.580. The number of carbonyl (C=O) groups excluding carboxylic acids is 1. The molecule has 3 rings (SSSR count). The summed E-state index contributed by atoms with van der Waals surface area (Å²) in [5.41, 5.74) is 3.33. The molecule has 27 heavy (non-hydrogen) atoms. The lowest BCUT2D eigenvalue weighted by molar-refractivity contribution is -0.119. The lowest BCUT2D eigenvalue weighted by Crippen LogP contribution is -2.33. The van der Waals surface area contributed by atoms with E-state index in [1.54, 1.807) is 0 Å². The highest BCUT2D eigenvalue weighted by atomic mass is 16.2. The van der Waals surface area contributed by atoms with Gasteiger partial charge in [0.05, 0.1) is 6.54 Å². The monoisotopic (exact) mass is 358 g/mol. The first-order valence-electron chi connectivity index (χ1n) is 9.34. The lowest BCUT2D eigenvalue weighted by Gasteiger charge is -2.24. The molecule has 0 unspecified atom stereocenters. The molecule has 138 valence electrons. The Hall–Kier alpha value is -2.91. The first-order valence-corrected chi connectivity index (χ1v) is 9.34. The van der Waals surface area contributed by atoms with Gasteiger partial charge < -0.3 is 9.80 Å². The van der Waals surface area contributed by atoms with Gasteiger partial charge in [-0.1, -0.05) is 78.9 Å². The summed E-state index contributed by atoms with van der Waals surface area (Å²) in [6.45, 7) is 2.16. The molecule has 0 saturated carbocycles. The van der Waals surface area contributed by atoms with E-state index in [0.29, 0.717) is 13.0 Å². The Morgan fingerprint density at radius 2 is 1.19 bits per heavy atom. The molecule has 0 heterocycles. The summed E-state index contributed by atoms with van der Waals surface area (Å²) in [5, 5.41) is 0. The van der Waals surface area contributed by atoms with Crippen LogP contribution in [0.1, 0.15) is 17.5 Å². The number of carbonyl (C=O) groups is 1. The zero-order valence-electron chi connectivity index (χ0n) is 15.8. The van der Waals surface area contributed by atoms with Gasteiger partial charge in [-0.05, 0) is 30.3 Å². The SMILES string of the molecule is CN(CCC(=O)N(Cc1ccccc1)c1ccccc1)Cc1ccccc1. The molecular weight excluding hydrogens is 332 g/mol. The number of para-hydroxylation sites is 1. The van der Waals surface area contributed by atoms with Crippen molar-refractivity contribution in [3.8, 4) is 0 Å². The zero-order chi connectivity index (χ0) is 18.9. The van der Waals surface area contributed by atoms with Crippen LogP contribution in [0.2, 0.25) is 0 Å². The summed E-state index contributed by atoms with van der Waals surface area (Å²) in [7, 11) is 2.06. The van der Waals surface area contributed by atoms with Crippen molar-refractivity contribution in [1.29, 1.82) is 0 Å². The Balaban J connectivity index is 1.64. The molecule has 0 atom stereocenters. The van der Waals surface area contributed by atoms with Gasteiger partial charge in [-0.2, -0.15) is 0 Å². The molecule has 0 aliphatic heterocycles. The van der Waals surface area contributed by atoms with Gasteiger partial charge in [0.2, 0.25) is 5.91 Å². The van der Waals surface area contributed by atoms with E-state index >= 15 is 0 Å². The van der Waals surface area contributed by atoms with Crippen molar-refractivity contribution < 1.29 is 4.79 Å². The fourth-order valence-electron chi connectivity index (χ4n) is 3.09. The van der Waals surface area contributed by atoms with Crippen LogP contribution < -0.4 is 4.90 Å². The third-order valence-electron chi connectivity index (χ3n) is 4.56. The van der Waals surface area contributed by atoms with Gasteiger partial charge in [0.25, 0.3) is 0 Å². The predicted molar refractivity (Wildman–Crippen MR) is 111 cm³/mol. The summed E-state index contributed by atoms with van der Waals surface area (Å²) in [6, 6.07) is 30.4. The molecule has 0 spiro atoms. The number of benzene rings is 3. The highest BCUT2D eigenvalue weighted by molar-refractivity contribution is 5.93. The fraction of sp³-hybridized carbons (Fsp3) is 0.208. The third-order valence-corrected chi connectivity index (χ3v) is 4.56. The Labute approximate surface area is 161 Å². The van der Waals surface area contributed by atoms with Crippen LogP contribution in [0.4, 0.5) is 5.69 Å². The van der Waals surface area contributed by atoms with Gasteiger partial charge in [0.15, 0.2) is 0 Å². The second-order valence-electron chi connectivity index (χ2n) is 6.77. The Morgan fingerprint density at radius 3 is 1.74 bits per heavy atom. The maximum atomic E-state index is 13.0. The van der Waals surface area contributed by atoms with Crippen LogP contribution >= 0.6 is 0 Å². The second kappa shape index (κ2) is 9.70. The van der Waals surface area contributed by atoms with Gasteiger partial charge in [-0.15, -0.1) is 0 Å². The smallest absolute Gasteiger partial charge is 0.228 e. The molecule has 0 fully saturated rings. The topological polar surface area (TPSA) is 23.6 Å². The van der Waals surface area contributed by atoms with Crippen LogP contribution in [0.3, 0.4) is 0 Å². The maximum Gasteiger partial charge on any atom is 0.228 e. The van der Waals surface area contributed by atoms with E-state index in [4.69, 9.17) is 0 Å². The average molecular weight is 358 g/mol. The van der Waals surface area contributed by atoms with Gasteiger partial charge in [-0.3, -0.25) is 4.79 Å². The highest BCUT2D eigenvalue weighted by Gasteiger charge is 2.16. The highest BCUT2D eigenvalue weighted by Crippen LogP contribution is 2.18. The minimum Gasteiger partial charge on any atom is -0.308 e. The molecule has 0 radical (unpaired) electrons. The zero-order valence-corrected chi connectivity index (χ0v) is 15.8. The van der Waals surface area contributed by atoms with Crippen molar-refractivity contribution in [2.45, 2.75) is 19.5 Å². The maximum absolute atomic E-state index is 13.0. The summed E-state index contributed by atoms with van der Waals surface area (Å²) in [4.78, 5) is 17.1. The van der Waals surface area contributed by atoms with E-state index in [0.717, 1.165) is 24.3 Å². The molecule has 0 aromatic heterocycles. The Bertz CT molecular complexity index is 819.